The number of benzene rings is 3. The summed E-state index contributed by atoms with van der Waals surface area (Å²) in [4.78, 5) is 29.3. The van der Waals surface area contributed by atoms with Crippen LogP contribution in [0.5, 0.6) is 17.2 Å². The maximum atomic E-state index is 13.3. The van der Waals surface area contributed by atoms with Gasteiger partial charge in [-0.3, -0.25) is 9.59 Å². The summed E-state index contributed by atoms with van der Waals surface area (Å²) in [5.41, 5.74) is 2.99. The Balaban J connectivity index is 1.62. The summed E-state index contributed by atoms with van der Waals surface area (Å²) in [6.07, 6.45) is 3.45. The maximum absolute atomic E-state index is 13.3. The monoisotopic (exact) mass is 485 g/mol. The topological polar surface area (TPSA) is 102 Å². The van der Waals surface area contributed by atoms with E-state index in [0.29, 0.717) is 22.8 Å². The molecule has 0 atom stereocenters. The van der Waals surface area contributed by atoms with Crippen LogP contribution >= 0.6 is 0 Å². The fourth-order valence-electron chi connectivity index (χ4n) is 3.83. The molecule has 0 spiro atoms. The Morgan fingerprint density at radius 3 is 2.22 bits per heavy atom. The molecule has 0 aliphatic carbocycles. The molecular weight excluding hydrogens is 458 g/mol. The molecule has 3 N–H and O–H groups in total. The van der Waals surface area contributed by atoms with Gasteiger partial charge in [-0.1, -0.05) is 36.4 Å². The molecule has 36 heavy (non-hydrogen) atoms. The van der Waals surface area contributed by atoms with Gasteiger partial charge in [-0.15, -0.1) is 0 Å². The van der Waals surface area contributed by atoms with E-state index in [-0.39, 0.29) is 18.1 Å². The van der Waals surface area contributed by atoms with Gasteiger partial charge in [0.25, 0.3) is 11.8 Å². The van der Waals surface area contributed by atoms with Crippen molar-refractivity contribution >= 4 is 28.8 Å². The molecule has 2 amide bonds. The molecular formula is C28H27N3O5. The number of ether oxygens (including phenoxy) is 3. The lowest BCUT2D eigenvalue weighted by Crippen LogP contribution is -2.34. The van der Waals surface area contributed by atoms with Crippen LogP contribution in [0.1, 0.15) is 21.5 Å². The van der Waals surface area contributed by atoms with Crippen LogP contribution in [-0.4, -0.2) is 38.1 Å². The van der Waals surface area contributed by atoms with Crippen molar-refractivity contribution in [2.45, 2.75) is 6.54 Å². The van der Waals surface area contributed by atoms with Crippen LogP contribution in [0.2, 0.25) is 0 Å². The van der Waals surface area contributed by atoms with Crippen LogP contribution in [0.15, 0.2) is 78.6 Å². The number of fused-ring (bicyclic) bond motifs is 1. The number of hydrogen-bond acceptors (Lipinski definition) is 5. The molecule has 184 valence electrons. The fraction of sp³-hybridized carbons (Fsp3) is 0.143. The van der Waals surface area contributed by atoms with E-state index >= 15 is 0 Å². The highest BCUT2D eigenvalue weighted by molar-refractivity contribution is 6.06. The largest absolute Gasteiger partial charge is 0.493 e. The van der Waals surface area contributed by atoms with Crippen LogP contribution in [0.3, 0.4) is 0 Å². The van der Waals surface area contributed by atoms with Crippen molar-refractivity contribution in [1.29, 1.82) is 0 Å². The number of H-pyrrole nitrogens is 1. The molecule has 3 aromatic carbocycles. The highest BCUT2D eigenvalue weighted by atomic mass is 16.5. The fourth-order valence-corrected chi connectivity index (χ4v) is 3.83. The Labute approximate surface area is 208 Å². The summed E-state index contributed by atoms with van der Waals surface area (Å²) in [6.45, 7) is 0.169. The number of carbonyl (C=O) groups is 2. The third kappa shape index (κ3) is 5.33. The Bertz CT molecular complexity index is 1380. The third-order valence-electron chi connectivity index (χ3n) is 5.63. The molecule has 0 fully saturated rings. The van der Waals surface area contributed by atoms with E-state index < -0.39 is 5.91 Å². The lowest BCUT2D eigenvalue weighted by atomic mass is 10.1. The number of para-hydroxylation sites is 1. The Morgan fingerprint density at radius 2 is 1.56 bits per heavy atom. The molecule has 0 unspecified atom stereocenters. The molecule has 8 nitrogen and oxygen atoms in total. The van der Waals surface area contributed by atoms with E-state index in [2.05, 4.69) is 15.6 Å². The molecule has 0 aliphatic rings. The molecule has 4 aromatic rings. The first-order valence-electron chi connectivity index (χ1n) is 11.2. The van der Waals surface area contributed by atoms with Gasteiger partial charge >= 0.3 is 0 Å². The lowest BCUT2D eigenvalue weighted by molar-refractivity contribution is -0.117. The van der Waals surface area contributed by atoms with E-state index in [0.717, 1.165) is 22.0 Å². The minimum atomic E-state index is -0.446. The molecule has 0 saturated heterocycles. The summed E-state index contributed by atoms with van der Waals surface area (Å²) in [5.74, 6) is 0.592. The Morgan fingerprint density at radius 1 is 0.889 bits per heavy atom. The Hall–Kier alpha value is -4.72. The van der Waals surface area contributed by atoms with Gasteiger partial charge in [0.2, 0.25) is 5.75 Å². The van der Waals surface area contributed by atoms with Crippen molar-refractivity contribution in [2.24, 2.45) is 0 Å². The van der Waals surface area contributed by atoms with E-state index in [1.54, 1.807) is 48.7 Å². The van der Waals surface area contributed by atoms with Crippen molar-refractivity contribution < 1.29 is 23.8 Å². The van der Waals surface area contributed by atoms with Crippen molar-refractivity contribution in [2.75, 3.05) is 21.3 Å². The highest BCUT2D eigenvalue weighted by Gasteiger charge is 2.17. The molecule has 1 aromatic heterocycles. The molecule has 4 rings (SSSR count). The lowest BCUT2D eigenvalue weighted by Gasteiger charge is -2.15. The summed E-state index contributed by atoms with van der Waals surface area (Å²) in [7, 11) is 4.58. The van der Waals surface area contributed by atoms with Crippen molar-refractivity contribution in [3.8, 4) is 17.2 Å². The van der Waals surface area contributed by atoms with Gasteiger partial charge in [0, 0.05) is 34.8 Å². The number of carbonyl (C=O) groups excluding carboxylic acids is 2. The quantitative estimate of drug-likeness (QED) is 0.307. The number of amides is 2. The first kappa shape index (κ1) is 24.4. The average Bonchev–Trinajstić information content (AvgIpc) is 3.33. The zero-order valence-electron chi connectivity index (χ0n) is 20.3. The van der Waals surface area contributed by atoms with Crippen LogP contribution in [0.4, 0.5) is 0 Å². The molecule has 8 heteroatoms. The predicted octanol–water partition coefficient (Wildman–Crippen LogP) is 4.28. The van der Waals surface area contributed by atoms with Crippen LogP contribution < -0.4 is 24.8 Å². The molecule has 0 radical (unpaired) electrons. The second-order valence-electron chi connectivity index (χ2n) is 7.88. The molecule has 0 bridgehead atoms. The molecule has 1 heterocycles. The van der Waals surface area contributed by atoms with E-state index in [1.807, 2.05) is 30.3 Å². The van der Waals surface area contributed by atoms with E-state index in [4.69, 9.17) is 14.2 Å². The SMILES string of the molecule is COc1cc(CNC(=O)/C(=C/c2c[nH]c3ccccc23)NC(=O)c2ccccc2)cc(OC)c1OC. The minimum absolute atomic E-state index is 0.112. The predicted molar refractivity (Wildman–Crippen MR) is 138 cm³/mol. The minimum Gasteiger partial charge on any atom is -0.493 e. The van der Waals surface area contributed by atoms with Crippen molar-refractivity contribution in [1.82, 2.24) is 15.6 Å². The first-order chi connectivity index (χ1) is 17.5. The number of aromatic nitrogens is 1. The van der Waals surface area contributed by atoms with Crippen molar-refractivity contribution in [3.63, 3.8) is 0 Å². The van der Waals surface area contributed by atoms with Crippen LogP contribution in [0.25, 0.3) is 17.0 Å². The molecule has 0 saturated carbocycles. The zero-order valence-corrected chi connectivity index (χ0v) is 20.3. The van der Waals surface area contributed by atoms with Gasteiger partial charge in [-0.25, -0.2) is 0 Å². The van der Waals surface area contributed by atoms with Gasteiger partial charge in [-0.05, 0) is 42.0 Å². The normalized spacial score (nSPS) is 11.1. The van der Waals surface area contributed by atoms with E-state index in [9.17, 15) is 9.59 Å². The van der Waals surface area contributed by atoms with Crippen LogP contribution in [-0.2, 0) is 11.3 Å². The standard InChI is InChI=1S/C28H27N3O5/c1-34-24-13-18(14-25(35-2)26(24)36-3)16-30-28(33)23(31-27(32)19-9-5-4-6-10-19)15-20-17-29-22-12-8-7-11-21(20)22/h4-15,17,29H,16H2,1-3H3,(H,30,33)(H,31,32)/b23-15-. The number of nitrogens with one attached hydrogen (secondary N) is 3. The van der Waals surface area contributed by atoms with Crippen molar-refractivity contribution in [3.05, 3.63) is 95.3 Å². The summed E-state index contributed by atoms with van der Waals surface area (Å²) in [6, 6.07) is 20.0. The smallest absolute Gasteiger partial charge is 0.268 e. The van der Waals surface area contributed by atoms with E-state index in [1.165, 1.54) is 21.3 Å². The summed E-state index contributed by atoms with van der Waals surface area (Å²) >= 11 is 0. The maximum Gasteiger partial charge on any atom is 0.268 e. The van der Waals surface area contributed by atoms with Gasteiger partial charge in [0.1, 0.15) is 5.70 Å². The Kier molecular flexibility index (Phi) is 7.55. The summed E-state index contributed by atoms with van der Waals surface area (Å²) < 4.78 is 16.2. The second kappa shape index (κ2) is 11.1. The number of hydrogen-bond donors (Lipinski definition) is 3. The van der Waals surface area contributed by atoms with Gasteiger partial charge in [0.05, 0.1) is 21.3 Å². The van der Waals surface area contributed by atoms with Gasteiger partial charge in [-0.2, -0.15) is 0 Å². The van der Waals surface area contributed by atoms with Gasteiger partial charge < -0.3 is 29.8 Å². The van der Waals surface area contributed by atoms with Crippen LogP contribution in [0, 0.1) is 0 Å². The summed E-state index contributed by atoms with van der Waals surface area (Å²) in [5, 5.41) is 6.57. The number of methoxy groups -OCH3 is 3. The first-order valence-corrected chi connectivity index (χ1v) is 11.2. The number of rotatable bonds is 9. The number of aromatic amines is 1. The second-order valence-corrected chi connectivity index (χ2v) is 7.88. The molecule has 0 aliphatic heterocycles. The van der Waals surface area contributed by atoms with Gasteiger partial charge in [0.15, 0.2) is 11.5 Å². The highest BCUT2D eigenvalue weighted by Crippen LogP contribution is 2.38. The zero-order chi connectivity index (χ0) is 25.5. The average molecular weight is 486 g/mol. The third-order valence-corrected chi connectivity index (χ3v) is 5.63.